The van der Waals surface area contributed by atoms with Gasteiger partial charge < -0.3 is 4.74 Å². The highest BCUT2D eigenvalue weighted by molar-refractivity contribution is 5.59. The molecule has 0 aliphatic rings. The van der Waals surface area contributed by atoms with Crippen LogP contribution in [0.5, 0.6) is 5.75 Å². The lowest BCUT2D eigenvalue weighted by molar-refractivity contribution is 0.414. The topological polar surface area (TPSA) is 9.23 Å². The summed E-state index contributed by atoms with van der Waals surface area (Å²) in [6.07, 6.45) is 2.00. The molecule has 1 aromatic carbocycles. The fourth-order valence-electron chi connectivity index (χ4n) is 1.05. The van der Waals surface area contributed by atoms with Gasteiger partial charge in [-0.25, -0.2) is 0 Å². The monoisotopic (exact) mass is 161 g/mol. The summed E-state index contributed by atoms with van der Waals surface area (Å²) >= 11 is 0. The molecule has 0 aliphatic carbocycles. The number of methoxy groups -OCH3 is 1. The molecule has 0 aromatic heterocycles. The van der Waals surface area contributed by atoms with E-state index >= 15 is 0 Å². The quantitative estimate of drug-likeness (QED) is 0.648. The van der Waals surface area contributed by atoms with Crippen LogP contribution in [0.25, 0.3) is 6.08 Å². The van der Waals surface area contributed by atoms with Crippen molar-refractivity contribution in [2.45, 2.75) is 6.92 Å². The molecule has 0 amide bonds. The van der Waals surface area contributed by atoms with E-state index in [-0.39, 0.29) is 0 Å². The number of para-hydroxylation sites is 1. The van der Waals surface area contributed by atoms with Crippen molar-refractivity contribution < 1.29 is 4.74 Å². The Balaban J connectivity index is 3.05. The second kappa shape index (κ2) is 3.96. The third-order valence-corrected chi connectivity index (χ3v) is 1.54. The Labute approximate surface area is 73.7 Å². The Kier molecular flexibility index (Phi) is 2.92. The summed E-state index contributed by atoms with van der Waals surface area (Å²) in [7, 11) is 1.67. The molecule has 0 heterocycles. The van der Waals surface area contributed by atoms with Crippen molar-refractivity contribution in [3.63, 3.8) is 0 Å². The molecule has 12 heavy (non-hydrogen) atoms. The molecule has 1 heteroatoms. The molecule has 0 saturated carbocycles. The minimum atomic E-state index is 0.889. The summed E-state index contributed by atoms with van der Waals surface area (Å²) in [4.78, 5) is 0. The third kappa shape index (κ3) is 2.12. The highest BCUT2D eigenvalue weighted by Crippen LogP contribution is 2.19. The molecular formula is C11H13O. The second-order valence-electron chi connectivity index (χ2n) is 2.73. The van der Waals surface area contributed by atoms with Crippen LogP contribution in [0.2, 0.25) is 0 Å². The molecule has 0 unspecified atom stereocenters. The van der Waals surface area contributed by atoms with Crippen LogP contribution in [0.4, 0.5) is 0 Å². The van der Waals surface area contributed by atoms with Crippen LogP contribution in [-0.4, -0.2) is 7.11 Å². The van der Waals surface area contributed by atoms with Gasteiger partial charge in [-0.15, -0.1) is 0 Å². The van der Waals surface area contributed by atoms with Gasteiger partial charge in [0.15, 0.2) is 0 Å². The van der Waals surface area contributed by atoms with Crippen LogP contribution in [-0.2, 0) is 0 Å². The third-order valence-electron chi connectivity index (χ3n) is 1.54. The van der Waals surface area contributed by atoms with E-state index in [1.807, 2.05) is 37.3 Å². The van der Waals surface area contributed by atoms with E-state index in [4.69, 9.17) is 4.74 Å². The maximum absolute atomic E-state index is 5.17. The normalized spacial score (nSPS) is 11.4. The predicted molar refractivity (Wildman–Crippen MR) is 52.0 cm³/mol. The number of benzene rings is 1. The van der Waals surface area contributed by atoms with Crippen molar-refractivity contribution in [1.29, 1.82) is 0 Å². The van der Waals surface area contributed by atoms with Gasteiger partial charge in [-0.2, -0.15) is 0 Å². The van der Waals surface area contributed by atoms with Crippen molar-refractivity contribution in [2.24, 2.45) is 0 Å². The average molecular weight is 161 g/mol. The molecule has 0 aliphatic heterocycles. The van der Waals surface area contributed by atoms with Gasteiger partial charge >= 0.3 is 0 Å². The molecule has 1 radical (unpaired) electrons. The second-order valence-corrected chi connectivity index (χ2v) is 2.73. The summed E-state index contributed by atoms with van der Waals surface area (Å²) in [5.41, 5.74) is 2.10. The van der Waals surface area contributed by atoms with Gasteiger partial charge in [0.1, 0.15) is 5.75 Å². The Morgan fingerprint density at radius 3 is 2.67 bits per heavy atom. The van der Waals surface area contributed by atoms with Crippen LogP contribution in [0.1, 0.15) is 12.5 Å². The number of hydrogen-bond donors (Lipinski definition) is 0. The highest BCUT2D eigenvalue weighted by Gasteiger charge is 1.96. The predicted octanol–water partition coefficient (Wildman–Crippen LogP) is 2.93. The number of ether oxygens (including phenoxy) is 1. The lowest BCUT2D eigenvalue weighted by Crippen LogP contribution is -1.85. The first kappa shape index (κ1) is 8.85. The first-order valence-corrected chi connectivity index (χ1v) is 3.87. The summed E-state index contributed by atoms with van der Waals surface area (Å²) in [5.74, 6) is 0.889. The average Bonchev–Trinajstić information content (AvgIpc) is 2.04. The SMILES string of the molecule is [CH2]/C(C)=C\c1ccccc1OC. The van der Waals surface area contributed by atoms with E-state index in [1.165, 1.54) is 0 Å². The van der Waals surface area contributed by atoms with Crippen LogP contribution < -0.4 is 4.74 Å². The Morgan fingerprint density at radius 2 is 2.08 bits per heavy atom. The summed E-state index contributed by atoms with van der Waals surface area (Å²) in [6.45, 7) is 5.78. The van der Waals surface area contributed by atoms with Crippen LogP contribution in [0.3, 0.4) is 0 Å². The first-order chi connectivity index (χ1) is 5.74. The van der Waals surface area contributed by atoms with Gasteiger partial charge in [-0.05, 0) is 19.9 Å². The molecule has 0 N–H and O–H groups in total. The number of allylic oxidation sites excluding steroid dienone is 1. The van der Waals surface area contributed by atoms with Crippen LogP contribution in [0.15, 0.2) is 29.8 Å². The van der Waals surface area contributed by atoms with Crippen LogP contribution in [0, 0.1) is 6.92 Å². The maximum atomic E-state index is 5.17. The standard InChI is InChI=1S/C11H13O/c1-9(2)8-10-6-4-5-7-11(10)12-3/h4-8H,1H2,2-3H3/b9-8+. The zero-order valence-corrected chi connectivity index (χ0v) is 7.50. The fraction of sp³-hybridized carbons (Fsp3) is 0.182. The van der Waals surface area contributed by atoms with Crippen molar-refractivity contribution >= 4 is 6.08 Å². The fourth-order valence-corrected chi connectivity index (χ4v) is 1.05. The summed E-state index contributed by atoms with van der Waals surface area (Å²) < 4.78 is 5.17. The van der Waals surface area contributed by atoms with E-state index in [2.05, 4.69) is 6.92 Å². The molecule has 0 fully saturated rings. The molecule has 1 aromatic rings. The zero-order valence-electron chi connectivity index (χ0n) is 7.50. The Bertz CT molecular complexity index is 283. The van der Waals surface area contributed by atoms with Crippen molar-refractivity contribution in [1.82, 2.24) is 0 Å². The zero-order chi connectivity index (χ0) is 8.97. The lowest BCUT2D eigenvalue weighted by Gasteiger charge is -2.03. The Hall–Kier alpha value is -1.24. The van der Waals surface area contributed by atoms with Gasteiger partial charge in [-0.1, -0.05) is 29.8 Å². The van der Waals surface area contributed by atoms with E-state index < -0.39 is 0 Å². The van der Waals surface area contributed by atoms with Crippen molar-refractivity contribution in [3.05, 3.63) is 42.3 Å². The summed E-state index contributed by atoms with van der Waals surface area (Å²) in [6, 6.07) is 7.88. The van der Waals surface area contributed by atoms with E-state index in [9.17, 15) is 0 Å². The van der Waals surface area contributed by atoms with Gasteiger partial charge in [0.05, 0.1) is 7.11 Å². The highest BCUT2D eigenvalue weighted by atomic mass is 16.5. The lowest BCUT2D eigenvalue weighted by atomic mass is 10.1. The molecule has 0 saturated heterocycles. The van der Waals surface area contributed by atoms with Gasteiger partial charge in [0.25, 0.3) is 0 Å². The molecule has 0 spiro atoms. The van der Waals surface area contributed by atoms with Gasteiger partial charge in [-0.3, -0.25) is 0 Å². The molecule has 1 nitrogen and oxygen atoms in total. The Morgan fingerprint density at radius 1 is 1.42 bits per heavy atom. The van der Waals surface area contributed by atoms with E-state index in [0.717, 1.165) is 16.9 Å². The minimum absolute atomic E-state index is 0.889. The van der Waals surface area contributed by atoms with Crippen molar-refractivity contribution in [2.75, 3.05) is 7.11 Å². The molecule has 63 valence electrons. The molecule has 1 rings (SSSR count). The maximum Gasteiger partial charge on any atom is 0.126 e. The molecule has 0 atom stereocenters. The van der Waals surface area contributed by atoms with Gasteiger partial charge in [0.2, 0.25) is 0 Å². The van der Waals surface area contributed by atoms with Gasteiger partial charge in [0, 0.05) is 5.56 Å². The first-order valence-electron chi connectivity index (χ1n) is 3.87. The van der Waals surface area contributed by atoms with E-state index in [0.29, 0.717) is 0 Å². The number of rotatable bonds is 2. The van der Waals surface area contributed by atoms with Crippen LogP contribution >= 0.6 is 0 Å². The number of hydrogen-bond acceptors (Lipinski definition) is 1. The largest absolute Gasteiger partial charge is 0.496 e. The molecule has 0 bridgehead atoms. The smallest absolute Gasteiger partial charge is 0.126 e. The molecular weight excluding hydrogens is 148 g/mol. The van der Waals surface area contributed by atoms with Crippen molar-refractivity contribution in [3.8, 4) is 5.75 Å². The summed E-state index contributed by atoms with van der Waals surface area (Å²) in [5, 5.41) is 0. The minimum Gasteiger partial charge on any atom is -0.496 e. The van der Waals surface area contributed by atoms with E-state index in [1.54, 1.807) is 7.11 Å².